The summed E-state index contributed by atoms with van der Waals surface area (Å²) in [6.07, 6.45) is -6.04. The van der Waals surface area contributed by atoms with E-state index in [2.05, 4.69) is 5.32 Å². The fourth-order valence-electron chi connectivity index (χ4n) is 3.09. The van der Waals surface area contributed by atoms with Crippen LogP contribution < -0.4 is 5.32 Å². The van der Waals surface area contributed by atoms with Crippen LogP contribution in [-0.4, -0.2) is 29.8 Å². The maximum absolute atomic E-state index is 13.7. The van der Waals surface area contributed by atoms with Gasteiger partial charge in [-0.2, -0.15) is 13.2 Å². The van der Waals surface area contributed by atoms with Crippen LogP contribution in [-0.2, 0) is 0 Å². The smallest absolute Gasteiger partial charge is 0.418 e. The van der Waals surface area contributed by atoms with Crippen molar-refractivity contribution >= 4 is 24.3 Å². The molecule has 3 aromatic carbocycles. The predicted octanol–water partition coefficient (Wildman–Crippen LogP) is 4.58. The van der Waals surface area contributed by atoms with Crippen molar-refractivity contribution < 1.29 is 23.4 Å². The fraction of sp³-hybridized carbons (Fsp3) is 0.200. The number of hydrogen-bond donors (Lipinski definition) is 3. The average Bonchev–Trinajstić information content (AvgIpc) is 2.64. The zero-order valence-corrected chi connectivity index (χ0v) is 14.2. The lowest BCUT2D eigenvalue weighted by molar-refractivity contribution is -0.258. The van der Waals surface area contributed by atoms with E-state index in [0.29, 0.717) is 11.1 Å². The Balaban J connectivity index is 2.15. The number of rotatable bonds is 5. The van der Waals surface area contributed by atoms with E-state index < -0.39 is 24.1 Å². The van der Waals surface area contributed by atoms with Crippen molar-refractivity contribution in [3.8, 4) is 5.75 Å². The first-order valence-corrected chi connectivity index (χ1v) is 8.28. The second-order valence-corrected chi connectivity index (χ2v) is 6.33. The molecule has 2 radical (unpaired) electrons. The summed E-state index contributed by atoms with van der Waals surface area (Å²) in [5.74, 6) is -0.209. The first kappa shape index (κ1) is 19.1. The van der Waals surface area contributed by atoms with Gasteiger partial charge in [0.2, 0.25) is 0 Å². The first-order valence-electron chi connectivity index (χ1n) is 8.28. The van der Waals surface area contributed by atoms with Crippen LogP contribution in [0.2, 0.25) is 6.32 Å². The summed E-state index contributed by atoms with van der Waals surface area (Å²) < 4.78 is 41.2. The Bertz CT molecular complexity index is 942. The molecule has 2 atom stereocenters. The van der Waals surface area contributed by atoms with Gasteiger partial charge in [0.15, 0.2) is 5.60 Å². The Morgan fingerprint density at radius 1 is 0.963 bits per heavy atom. The summed E-state index contributed by atoms with van der Waals surface area (Å²) in [6.45, 7) is 0. The standard InChI is InChI=1S/C20H17BF3NO2/c21-12-19(27,20(22,23)24)18(14-7-3-8-15(26)11-14)25-17-10-4-6-13-5-1-2-9-16(13)17/h1-11,18,25-27H,12H2. The number of alkyl halides is 3. The fourth-order valence-corrected chi connectivity index (χ4v) is 3.09. The molecule has 0 aliphatic heterocycles. The predicted molar refractivity (Wildman–Crippen MR) is 100.0 cm³/mol. The largest absolute Gasteiger partial charge is 0.508 e. The van der Waals surface area contributed by atoms with Crippen LogP contribution in [0.15, 0.2) is 66.7 Å². The van der Waals surface area contributed by atoms with Gasteiger partial charge in [-0.25, -0.2) is 0 Å². The highest BCUT2D eigenvalue weighted by Crippen LogP contribution is 2.45. The van der Waals surface area contributed by atoms with Gasteiger partial charge in [0.05, 0.1) is 13.9 Å². The minimum absolute atomic E-state index is 0.0632. The van der Waals surface area contributed by atoms with Gasteiger partial charge < -0.3 is 15.5 Å². The Morgan fingerprint density at radius 2 is 1.63 bits per heavy atom. The van der Waals surface area contributed by atoms with Crippen molar-refractivity contribution in [1.29, 1.82) is 0 Å². The van der Waals surface area contributed by atoms with E-state index in [0.717, 1.165) is 5.39 Å². The second-order valence-electron chi connectivity index (χ2n) is 6.33. The lowest BCUT2D eigenvalue weighted by Crippen LogP contribution is -2.52. The number of benzene rings is 3. The Hall–Kier alpha value is -2.67. The topological polar surface area (TPSA) is 52.5 Å². The summed E-state index contributed by atoms with van der Waals surface area (Å²) in [6, 6.07) is 16.1. The zero-order chi connectivity index (χ0) is 19.7. The molecule has 0 spiro atoms. The highest BCUT2D eigenvalue weighted by molar-refractivity contribution is 6.09. The number of aromatic hydroxyl groups is 1. The van der Waals surface area contributed by atoms with Gasteiger partial charge in [-0.3, -0.25) is 0 Å². The van der Waals surface area contributed by atoms with E-state index in [-0.39, 0.29) is 11.3 Å². The van der Waals surface area contributed by atoms with Gasteiger partial charge in [0.25, 0.3) is 0 Å². The molecule has 3 rings (SSSR count). The molecule has 3 N–H and O–H groups in total. The van der Waals surface area contributed by atoms with E-state index in [9.17, 15) is 23.4 Å². The van der Waals surface area contributed by atoms with Crippen LogP contribution in [0.4, 0.5) is 18.9 Å². The third-order valence-corrected chi connectivity index (χ3v) is 4.57. The molecule has 27 heavy (non-hydrogen) atoms. The molecule has 0 bridgehead atoms. The molecule has 0 saturated carbocycles. The van der Waals surface area contributed by atoms with Crippen molar-refractivity contribution in [2.75, 3.05) is 5.32 Å². The van der Waals surface area contributed by atoms with Gasteiger partial charge >= 0.3 is 6.18 Å². The molecule has 0 heterocycles. The molecule has 0 saturated heterocycles. The zero-order valence-electron chi connectivity index (χ0n) is 14.2. The van der Waals surface area contributed by atoms with Crippen LogP contribution in [0, 0.1) is 0 Å². The van der Waals surface area contributed by atoms with E-state index in [4.69, 9.17) is 7.85 Å². The minimum Gasteiger partial charge on any atom is -0.508 e. The summed E-state index contributed by atoms with van der Waals surface area (Å²) in [5, 5.41) is 24.6. The number of hydrogen-bond acceptors (Lipinski definition) is 3. The molecule has 3 nitrogen and oxygen atoms in total. The van der Waals surface area contributed by atoms with Crippen molar-refractivity contribution in [3.05, 3.63) is 72.3 Å². The van der Waals surface area contributed by atoms with E-state index in [1.54, 1.807) is 24.3 Å². The number of halogens is 3. The van der Waals surface area contributed by atoms with Crippen molar-refractivity contribution in [1.82, 2.24) is 0 Å². The first-order chi connectivity index (χ1) is 12.8. The monoisotopic (exact) mass is 371 g/mol. The quantitative estimate of drug-likeness (QED) is 0.576. The van der Waals surface area contributed by atoms with Crippen LogP contribution in [0.1, 0.15) is 11.6 Å². The van der Waals surface area contributed by atoms with Crippen LogP contribution >= 0.6 is 0 Å². The van der Waals surface area contributed by atoms with E-state index in [1.807, 2.05) is 18.2 Å². The molecule has 7 heteroatoms. The normalized spacial score (nSPS) is 15.3. The number of nitrogens with one attached hydrogen (secondary N) is 1. The maximum atomic E-state index is 13.7. The number of phenolic OH excluding ortho intramolecular Hbond substituents is 1. The Kier molecular flexibility index (Phi) is 5.06. The van der Waals surface area contributed by atoms with Gasteiger partial charge in [-0.1, -0.05) is 48.5 Å². The van der Waals surface area contributed by atoms with Gasteiger partial charge in [0, 0.05) is 11.1 Å². The summed E-state index contributed by atoms with van der Waals surface area (Å²) in [4.78, 5) is 0. The Labute approximate surface area is 155 Å². The number of aliphatic hydroxyl groups is 1. The third kappa shape index (κ3) is 3.60. The lowest BCUT2D eigenvalue weighted by Gasteiger charge is -2.38. The number of anilines is 1. The molecule has 2 unspecified atom stereocenters. The van der Waals surface area contributed by atoms with Crippen LogP contribution in [0.3, 0.4) is 0 Å². The second kappa shape index (κ2) is 7.16. The Morgan fingerprint density at radius 3 is 2.30 bits per heavy atom. The highest BCUT2D eigenvalue weighted by atomic mass is 19.4. The molecule has 0 aliphatic carbocycles. The van der Waals surface area contributed by atoms with Gasteiger partial charge in [0.1, 0.15) is 5.75 Å². The molecular formula is C20H17BF3NO2. The average molecular weight is 371 g/mol. The van der Waals surface area contributed by atoms with Gasteiger partial charge in [-0.05, 0) is 35.5 Å². The summed E-state index contributed by atoms with van der Waals surface area (Å²) in [5.41, 5.74) is -2.76. The van der Waals surface area contributed by atoms with Crippen LogP contribution in [0.5, 0.6) is 5.75 Å². The molecule has 138 valence electrons. The van der Waals surface area contributed by atoms with Crippen molar-refractivity contribution in [2.24, 2.45) is 0 Å². The third-order valence-electron chi connectivity index (χ3n) is 4.57. The van der Waals surface area contributed by atoms with Crippen LogP contribution in [0.25, 0.3) is 10.8 Å². The highest BCUT2D eigenvalue weighted by Gasteiger charge is 2.57. The molecule has 0 aliphatic rings. The molecule has 0 aromatic heterocycles. The van der Waals surface area contributed by atoms with E-state index in [1.165, 1.54) is 24.3 Å². The summed E-state index contributed by atoms with van der Waals surface area (Å²) >= 11 is 0. The number of fused-ring (bicyclic) bond motifs is 1. The maximum Gasteiger partial charge on any atom is 0.418 e. The van der Waals surface area contributed by atoms with Crippen molar-refractivity contribution in [3.63, 3.8) is 0 Å². The van der Waals surface area contributed by atoms with Crippen molar-refractivity contribution in [2.45, 2.75) is 24.1 Å². The SMILES string of the molecule is [B]CC(O)(C(Nc1cccc2ccccc12)c1cccc(O)c1)C(F)(F)F. The van der Waals surface area contributed by atoms with E-state index >= 15 is 0 Å². The molecular weight excluding hydrogens is 354 g/mol. The molecule has 0 amide bonds. The summed E-state index contributed by atoms with van der Waals surface area (Å²) in [7, 11) is 5.36. The number of phenols is 1. The van der Waals surface area contributed by atoms with Gasteiger partial charge in [-0.15, -0.1) is 0 Å². The lowest BCUT2D eigenvalue weighted by atomic mass is 9.77. The molecule has 3 aromatic rings. The minimum atomic E-state index is -4.99. The molecule has 0 fully saturated rings.